The lowest BCUT2D eigenvalue weighted by Gasteiger charge is -2.19. The average Bonchev–Trinajstić information content (AvgIpc) is 3.01. The first-order chi connectivity index (χ1) is 10.1. The number of nitrogens with zero attached hydrogens (tertiary/aromatic N) is 1. The van der Waals surface area contributed by atoms with Crippen molar-refractivity contribution in [1.82, 2.24) is 4.90 Å². The van der Waals surface area contributed by atoms with Gasteiger partial charge in [0.15, 0.2) is 11.5 Å². The molecular formula is C15H21NO5. The molecule has 6 heteroatoms. The van der Waals surface area contributed by atoms with Crippen molar-refractivity contribution in [2.45, 2.75) is 6.42 Å². The fraction of sp³-hybridized carbons (Fsp3) is 0.533. The third-order valence-electron chi connectivity index (χ3n) is 3.77. The molecule has 1 atom stereocenters. The van der Waals surface area contributed by atoms with Crippen LogP contribution in [0.15, 0.2) is 12.1 Å². The van der Waals surface area contributed by atoms with Gasteiger partial charge in [-0.15, -0.1) is 0 Å². The number of aliphatic hydroxyl groups excluding tert-OH is 1. The van der Waals surface area contributed by atoms with Crippen LogP contribution in [0.1, 0.15) is 16.8 Å². The summed E-state index contributed by atoms with van der Waals surface area (Å²) < 4.78 is 15.7. The van der Waals surface area contributed by atoms with E-state index < -0.39 is 0 Å². The maximum atomic E-state index is 12.6. The summed E-state index contributed by atoms with van der Waals surface area (Å²) in [5.41, 5.74) is 0.439. The van der Waals surface area contributed by atoms with Crippen molar-refractivity contribution in [3.05, 3.63) is 17.7 Å². The molecule has 1 aliphatic heterocycles. The third-order valence-corrected chi connectivity index (χ3v) is 3.77. The fourth-order valence-corrected chi connectivity index (χ4v) is 2.53. The van der Waals surface area contributed by atoms with E-state index in [4.69, 9.17) is 14.2 Å². The normalized spacial score (nSPS) is 17.7. The number of carbonyl (C=O) groups is 1. The molecule has 0 radical (unpaired) electrons. The molecule has 116 valence electrons. The lowest BCUT2D eigenvalue weighted by Crippen LogP contribution is -2.29. The molecule has 1 aromatic carbocycles. The molecule has 1 fully saturated rings. The number of amides is 1. The predicted molar refractivity (Wildman–Crippen MR) is 77.2 cm³/mol. The van der Waals surface area contributed by atoms with Crippen molar-refractivity contribution in [3.63, 3.8) is 0 Å². The molecule has 0 aromatic heterocycles. The summed E-state index contributed by atoms with van der Waals surface area (Å²) in [5, 5.41) is 9.19. The zero-order valence-corrected chi connectivity index (χ0v) is 12.6. The Labute approximate surface area is 124 Å². The van der Waals surface area contributed by atoms with Crippen LogP contribution in [0.2, 0.25) is 0 Å². The number of ether oxygens (including phenoxy) is 3. The van der Waals surface area contributed by atoms with E-state index in [-0.39, 0.29) is 18.4 Å². The van der Waals surface area contributed by atoms with Gasteiger partial charge in [-0.2, -0.15) is 0 Å². The maximum Gasteiger partial charge on any atom is 0.257 e. The molecular weight excluding hydrogens is 274 g/mol. The summed E-state index contributed by atoms with van der Waals surface area (Å²) in [6, 6.07) is 3.28. The molecule has 1 heterocycles. The smallest absolute Gasteiger partial charge is 0.257 e. The number of benzene rings is 1. The van der Waals surface area contributed by atoms with E-state index in [0.717, 1.165) is 6.42 Å². The number of likely N-dealkylation sites (tertiary alicyclic amines) is 1. The van der Waals surface area contributed by atoms with E-state index in [1.165, 1.54) is 21.3 Å². The zero-order valence-electron chi connectivity index (χ0n) is 12.6. The quantitative estimate of drug-likeness (QED) is 0.883. The Morgan fingerprint density at radius 1 is 1.19 bits per heavy atom. The lowest BCUT2D eigenvalue weighted by molar-refractivity contribution is 0.0778. The van der Waals surface area contributed by atoms with Gasteiger partial charge in [0.25, 0.3) is 5.91 Å². The topological polar surface area (TPSA) is 68.2 Å². The van der Waals surface area contributed by atoms with Crippen molar-refractivity contribution in [1.29, 1.82) is 0 Å². The van der Waals surface area contributed by atoms with Crippen molar-refractivity contribution < 1.29 is 24.1 Å². The monoisotopic (exact) mass is 295 g/mol. The van der Waals surface area contributed by atoms with Gasteiger partial charge in [0.05, 0.1) is 26.9 Å². The molecule has 1 amide bonds. The second kappa shape index (κ2) is 6.67. The van der Waals surface area contributed by atoms with Crippen LogP contribution in [0.25, 0.3) is 0 Å². The number of aliphatic hydroxyl groups is 1. The lowest BCUT2D eigenvalue weighted by atomic mass is 10.1. The van der Waals surface area contributed by atoms with Crippen molar-refractivity contribution in [2.75, 3.05) is 41.0 Å². The predicted octanol–water partition coefficient (Wildman–Crippen LogP) is 1.17. The summed E-state index contributed by atoms with van der Waals surface area (Å²) in [7, 11) is 4.57. The molecule has 21 heavy (non-hydrogen) atoms. The van der Waals surface area contributed by atoms with E-state index in [1.54, 1.807) is 17.0 Å². The maximum absolute atomic E-state index is 12.6. The second-order valence-electron chi connectivity index (χ2n) is 5.00. The summed E-state index contributed by atoms with van der Waals surface area (Å²) in [6.45, 7) is 1.31. The number of hydrogen-bond donors (Lipinski definition) is 1. The standard InChI is InChI=1S/C15H21NO5/c1-19-12-7-14(21-3)13(20-2)6-11(12)15(18)16-5-4-10(8-16)9-17/h6-7,10,17H,4-5,8-9H2,1-3H3. The van der Waals surface area contributed by atoms with Crippen molar-refractivity contribution in [2.24, 2.45) is 5.92 Å². The molecule has 0 spiro atoms. The van der Waals surface area contributed by atoms with Gasteiger partial charge in [0.1, 0.15) is 5.75 Å². The number of hydrogen-bond acceptors (Lipinski definition) is 5. The molecule has 0 bridgehead atoms. The van der Waals surface area contributed by atoms with Crippen molar-refractivity contribution in [3.8, 4) is 17.2 Å². The fourth-order valence-electron chi connectivity index (χ4n) is 2.53. The molecule has 0 aliphatic carbocycles. The molecule has 2 rings (SSSR count). The first-order valence-electron chi connectivity index (χ1n) is 6.84. The molecule has 1 aromatic rings. The van der Waals surface area contributed by atoms with E-state index in [1.807, 2.05) is 0 Å². The Morgan fingerprint density at radius 2 is 1.81 bits per heavy atom. The number of methoxy groups -OCH3 is 3. The summed E-state index contributed by atoms with van der Waals surface area (Å²) in [5.74, 6) is 1.48. The summed E-state index contributed by atoms with van der Waals surface area (Å²) >= 11 is 0. The summed E-state index contributed by atoms with van der Waals surface area (Å²) in [4.78, 5) is 14.4. The Kier molecular flexibility index (Phi) is 4.90. The van der Waals surface area contributed by atoms with Gasteiger partial charge in [-0.05, 0) is 6.42 Å². The summed E-state index contributed by atoms with van der Waals surface area (Å²) in [6.07, 6.45) is 0.817. The van der Waals surface area contributed by atoms with Gasteiger partial charge in [0.2, 0.25) is 0 Å². The molecule has 1 saturated heterocycles. The SMILES string of the molecule is COc1cc(OC)c(C(=O)N2CCC(CO)C2)cc1OC. The average molecular weight is 295 g/mol. The Morgan fingerprint density at radius 3 is 2.33 bits per heavy atom. The molecule has 1 N–H and O–H groups in total. The highest BCUT2D eigenvalue weighted by Gasteiger charge is 2.29. The van der Waals surface area contributed by atoms with Crippen LogP contribution in [0.3, 0.4) is 0 Å². The molecule has 0 saturated carbocycles. The zero-order chi connectivity index (χ0) is 15.4. The first kappa shape index (κ1) is 15.4. The third kappa shape index (κ3) is 3.05. The Balaban J connectivity index is 2.31. The first-order valence-corrected chi connectivity index (χ1v) is 6.84. The van der Waals surface area contributed by atoms with Crippen molar-refractivity contribution >= 4 is 5.91 Å². The highest BCUT2D eigenvalue weighted by Crippen LogP contribution is 2.35. The minimum absolute atomic E-state index is 0.104. The van der Waals surface area contributed by atoms with Gasteiger partial charge in [-0.25, -0.2) is 0 Å². The van der Waals surface area contributed by atoms with Crippen LogP contribution < -0.4 is 14.2 Å². The number of carbonyl (C=O) groups excluding carboxylic acids is 1. The van der Waals surface area contributed by atoms with E-state index in [2.05, 4.69) is 0 Å². The van der Waals surface area contributed by atoms with Gasteiger partial charge >= 0.3 is 0 Å². The van der Waals surface area contributed by atoms with Gasteiger partial charge < -0.3 is 24.2 Å². The van der Waals surface area contributed by atoms with Crippen LogP contribution >= 0.6 is 0 Å². The van der Waals surface area contributed by atoms with Crippen LogP contribution in [0.5, 0.6) is 17.2 Å². The van der Waals surface area contributed by atoms with Crippen LogP contribution in [-0.2, 0) is 0 Å². The van der Waals surface area contributed by atoms with Crippen LogP contribution in [-0.4, -0.2) is 56.9 Å². The highest BCUT2D eigenvalue weighted by atomic mass is 16.5. The minimum atomic E-state index is -0.122. The number of rotatable bonds is 5. The van der Waals surface area contributed by atoms with E-state index in [9.17, 15) is 9.90 Å². The van der Waals surface area contributed by atoms with Crippen LogP contribution in [0, 0.1) is 5.92 Å². The van der Waals surface area contributed by atoms with E-state index >= 15 is 0 Å². The van der Waals surface area contributed by atoms with Gasteiger partial charge in [0, 0.05) is 37.7 Å². The molecule has 1 unspecified atom stereocenters. The minimum Gasteiger partial charge on any atom is -0.496 e. The molecule has 1 aliphatic rings. The second-order valence-corrected chi connectivity index (χ2v) is 5.00. The largest absolute Gasteiger partial charge is 0.496 e. The Hall–Kier alpha value is -1.95. The van der Waals surface area contributed by atoms with Gasteiger partial charge in [-0.3, -0.25) is 4.79 Å². The molecule has 6 nitrogen and oxygen atoms in total. The highest BCUT2D eigenvalue weighted by molar-refractivity contribution is 5.98. The van der Waals surface area contributed by atoms with E-state index in [0.29, 0.717) is 35.9 Å². The Bertz CT molecular complexity index is 517. The van der Waals surface area contributed by atoms with Gasteiger partial charge in [-0.1, -0.05) is 0 Å². The van der Waals surface area contributed by atoms with Crippen LogP contribution in [0.4, 0.5) is 0 Å².